The highest BCUT2D eigenvalue weighted by Gasteiger charge is 2.48. The number of carbonyl (C=O) groups is 1. The van der Waals surface area contributed by atoms with Crippen molar-refractivity contribution in [3.8, 4) is 0 Å². The van der Waals surface area contributed by atoms with E-state index in [1.54, 1.807) is 12.4 Å². The van der Waals surface area contributed by atoms with Gasteiger partial charge < -0.3 is 15.0 Å². The number of hydrogen-bond acceptors (Lipinski definition) is 4. The van der Waals surface area contributed by atoms with Crippen LogP contribution >= 0.6 is 0 Å². The van der Waals surface area contributed by atoms with Crippen molar-refractivity contribution in [2.24, 2.45) is 0 Å². The van der Waals surface area contributed by atoms with Crippen molar-refractivity contribution < 1.29 is 22.7 Å². The van der Waals surface area contributed by atoms with Gasteiger partial charge in [0.05, 0.1) is 19.4 Å². The smallest absolute Gasteiger partial charge is 0.378 e. The summed E-state index contributed by atoms with van der Waals surface area (Å²) in [6.07, 6.45) is -0.974. The third kappa shape index (κ3) is 3.16. The topological polar surface area (TPSA) is 70.2 Å². The molecule has 3 unspecified atom stereocenters. The normalized spacial score (nSPS) is 28.3. The lowest BCUT2D eigenvalue weighted by atomic mass is 9.86. The van der Waals surface area contributed by atoms with Crippen molar-refractivity contribution in [1.29, 1.82) is 0 Å². The minimum absolute atomic E-state index is 0.137. The number of halogens is 3. The molecule has 9 heteroatoms. The van der Waals surface area contributed by atoms with Crippen LogP contribution in [-0.4, -0.2) is 58.9 Å². The first kappa shape index (κ1) is 17.3. The van der Waals surface area contributed by atoms with Crippen LogP contribution in [0.2, 0.25) is 0 Å². The Kier molecular flexibility index (Phi) is 4.36. The molecule has 0 bridgehead atoms. The predicted molar refractivity (Wildman–Crippen MR) is 87.4 cm³/mol. The maximum atomic E-state index is 13.4. The molecule has 1 amide bonds. The van der Waals surface area contributed by atoms with Gasteiger partial charge >= 0.3 is 6.18 Å². The van der Waals surface area contributed by atoms with E-state index >= 15 is 0 Å². The summed E-state index contributed by atoms with van der Waals surface area (Å²) in [7, 11) is 0. The van der Waals surface area contributed by atoms with Crippen LogP contribution in [0.4, 0.5) is 13.2 Å². The summed E-state index contributed by atoms with van der Waals surface area (Å²) in [6, 6.07) is 2.02. The first-order chi connectivity index (χ1) is 12.4. The van der Waals surface area contributed by atoms with Crippen molar-refractivity contribution in [2.45, 2.75) is 37.1 Å². The number of nitrogens with zero attached hydrogens (tertiary/aromatic N) is 2. The maximum Gasteiger partial charge on any atom is 0.406 e. The Morgan fingerprint density at radius 1 is 1.31 bits per heavy atom. The second-order valence-corrected chi connectivity index (χ2v) is 6.73. The Morgan fingerprint density at radius 3 is 2.96 bits per heavy atom. The first-order valence-electron chi connectivity index (χ1n) is 8.55. The highest BCUT2D eigenvalue weighted by atomic mass is 19.4. The zero-order valence-corrected chi connectivity index (χ0v) is 13.9. The molecule has 0 aliphatic carbocycles. The van der Waals surface area contributed by atoms with Crippen molar-refractivity contribution >= 4 is 16.9 Å². The van der Waals surface area contributed by atoms with Gasteiger partial charge in [0.15, 0.2) is 0 Å². The van der Waals surface area contributed by atoms with Crippen molar-refractivity contribution in [3.63, 3.8) is 0 Å². The van der Waals surface area contributed by atoms with Crippen LogP contribution in [0.1, 0.15) is 24.3 Å². The molecule has 2 fully saturated rings. The van der Waals surface area contributed by atoms with E-state index in [9.17, 15) is 18.0 Å². The molecule has 2 aliphatic heterocycles. The van der Waals surface area contributed by atoms with E-state index < -0.39 is 25.0 Å². The maximum absolute atomic E-state index is 13.4. The number of H-pyrrole nitrogens is 1. The Labute approximate surface area is 147 Å². The summed E-state index contributed by atoms with van der Waals surface area (Å²) in [5.74, 6) is -0.397. The second-order valence-electron chi connectivity index (χ2n) is 6.73. The Balaban J connectivity index is 1.62. The molecule has 0 saturated carbocycles. The summed E-state index contributed by atoms with van der Waals surface area (Å²) in [5, 5.41) is 3.64. The minimum atomic E-state index is -4.40. The number of rotatable bonds is 2. The van der Waals surface area contributed by atoms with Crippen LogP contribution < -0.4 is 5.32 Å². The fourth-order valence-electron chi connectivity index (χ4n) is 3.95. The standard InChI is InChI=1S/C17H19F3N4O2/c18-17(19,20)13-9-26-6-5-24(13)14-7-10(8-15(25)23-14)11-1-3-21-16-12(11)2-4-22-16/h1-4,10,13-14H,5-9H2,(H,21,22)(H,23,25). The molecule has 2 saturated heterocycles. The molecule has 2 N–H and O–H groups in total. The minimum Gasteiger partial charge on any atom is -0.378 e. The van der Waals surface area contributed by atoms with E-state index in [0.29, 0.717) is 12.1 Å². The zero-order valence-electron chi connectivity index (χ0n) is 13.9. The number of morpholine rings is 1. The van der Waals surface area contributed by atoms with E-state index in [2.05, 4.69) is 15.3 Å². The van der Waals surface area contributed by atoms with Crippen LogP contribution in [0.15, 0.2) is 24.5 Å². The van der Waals surface area contributed by atoms with E-state index in [4.69, 9.17) is 4.74 Å². The Morgan fingerprint density at radius 2 is 2.15 bits per heavy atom. The van der Waals surface area contributed by atoms with Gasteiger partial charge in [-0.2, -0.15) is 13.2 Å². The SMILES string of the molecule is O=C1CC(c2ccnc3[nH]ccc23)CC(N2CCOCC2C(F)(F)F)N1. The van der Waals surface area contributed by atoms with E-state index in [1.807, 2.05) is 12.1 Å². The summed E-state index contributed by atoms with van der Waals surface area (Å²) in [5.41, 5.74) is 1.65. The molecule has 2 aromatic rings. The summed E-state index contributed by atoms with van der Waals surface area (Å²) in [4.78, 5) is 20.8. The summed E-state index contributed by atoms with van der Waals surface area (Å²) < 4.78 is 45.2. The number of pyridine rings is 1. The number of aromatic amines is 1. The number of alkyl halides is 3. The number of ether oxygens (including phenoxy) is 1. The first-order valence-corrected chi connectivity index (χ1v) is 8.55. The highest BCUT2D eigenvalue weighted by molar-refractivity contribution is 5.83. The van der Waals surface area contributed by atoms with Crippen LogP contribution in [0.5, 0.6) is 0 Å². The molecule has 0 spiro atoms. The molecule has 4 heterocycles. The summed E-state index contributed by atoms with van der Waals surface area (Å²) in [6.45, 7) is -0.0451. The van der Waals surface area contributed by atoms with Gasteiger partial charge in [0.2, 0.25) is 5.91 Å². The van der Waals surface area contributed by atoms with Gasteiger partial charge in [-0.15, -0.1) is 0 Å². The molecule has 140 valence electrons. The number of nitrogens with one attached hydrogen (secondary N) is 2. The quantitative estimate of drug-likeness (QED) is 0.852. The van der Waals surface area contributed by atoms with Gasteiger partial charge in [0.25, 0.3) is 0 Å². The molecule has 0 aromatic carbocycles. The molecular formula is C17H19F3N4O2. The lowest BCUT2D eigenvalue weighted by Gasteiger charge is -2.44. The van der Waals surface area contributed by atoms with Crippen LogP contribution in [0.25, 0.3) is 11.0 Å². The van der Waals surface area contributed by atoms with Crippen molar-refractivity contribution in [2.75, 3.05) is 19.8 Å². The summed E-state index contributed by atoms with van der Waals surface area (Å²) >= 11 is 0. The van der Waals surface area contributed by atoms with Gasteiger partial charge in [-0.3, -0.25) is 9.69 Å². The highest BCUT2D eigenvalue weighted by Crippen LogP contribution is 2.36. The predicted octanol–water partition coefficient (Wildman–Crippen LogP) is 2.15. The van der Waals surface area contributed by atoms with E-state index in [-0.39, 0.29) is 31.4 Å². The number of piperidine rings is 1. The largest absolute Gasteiger partial charge is 0.406 e. The number of fused-ring (bicyclic) bond motifs is 1. The Bertz CT molecular complexity index is 807. The van der Waals surface area contributed by atoms with Gasteiger partial charge in [-0.1, -0.05) is 0 Å². The fourth-order valence-corrected chi connectivity index (χ4v) is 3.95. The van der Waals surface area contributed by atoms with Gasteiger partial charge in [0, 0.05) is 30.7 Å². The average Bonchev–Trinajstić information content (AvgIpc) is 3.09. The number of carbonyl (C=O) groups excluding carboxylic acids is 1. The molecular weight excluding hydrogens is 349 g/mol. The van der Waals surface area contributed by atoms with Gasteiger partial charge in [-0.25, -0.2) is 4.98 Å². The van der Waals surface area contributed by atoms with Gasteiger partial charge in [0.1, 0.15) is 11.7 Å². The van der Waals surface area contributed by atoms with Crippen molar-refractivity contribution in [1.82, 2.24) is 20.2 Å². The number of amides is 1. The average molecular weight is 368 g/mol. The van der Waals surface area contributed by atoms with Crippen LogP contribution in [0.3, 0.4) is 0 Å². The molecule has 4 rings (SSSR count). The monoisotopic (exact) mass is 368 g/mol. The Hall–Kier alpha value is -2.13. The van der Waals surface area contributed by atoms with E-state index in [1.165, 1.54) is 4.90 Å². The van der Waals surface area contributed by atoms with Crippen molar-refractivity contribution in [3.05, 3.63) is 30.1 Å². The van der Waals surface area contributed by atoms with Gasteiger partial charge in [-0.05, 0) is 30.0 Å². The third-order valence-corrected chi connectivity index (χ3v) is 5.15. The lowest BCUT2D eigenvalue weighted by molar-refractivity contribution is -0.221. The van der Waals surface area contributed by atoms with Crippen LogP contribution in [0, 0.1) is 0 Å². The number of aromatic nitrogens is 2. The van der Waals surface area contributed by atoms with Crippen LogP contribution in [-0.2, 0) is 9.53 Å². The van der Waals surface area contributed by atoms with E-state index in [0.717, 1.165) is 10.9 Å². The zero-order chi connectivity index (χ0) is 18.3. The molecule has 2 aromatic heterocycles. The molecule has 0 radical (unpaired) electrons. The third-order valence-electron chi connectivity index (χ3n) is 5.15. The molecule has 6 nitrogen and oxygen atoms in total. The fraction of sp³-hybridized carbons (Fsp3) is 0.529. The molecule has 2 aliphatic rings. The lowest BCUT2D eigenvalue weighted by Crippen LogP contribution is -2.63. The molecule has 3 atom stereocenters. The molecule has 26 heavy (non-hydrogen) atoms. The second kappa shape index (κ2) is 6.55. The number of hydrogen-bond donors (Lipinski definition) is 2.